The third kappa shape index (κ3) is 3.47. The highest BCUT2D eigenvalue weighted by atomic mass is 35.5. The Morgan fingerprint density at radius 1 is 1.05 bits per heavy atom. The lowest BCUT2D eigenvalue weighted by Crippen LogP contribution is -2.04. The van der Waals surface area contributed by atoms with Gasteiger partial charge in [0, 0.05) is 22.0 Å². The van der Waals surface area contributed by atoms with E-state index in [1.807, 2.05) is 30.3 Å². The normalized spacial score (nSPS) is 10.3. The van der Waals surface area contributed by atoms with Crippen molar-refractivity contribution in [1.82, 2.24) is 0 Å². The number of aldehydes is 1. The fraction of sp³-hybridized carbons (Fsp3) is 0.125. The van der Waals surface area contributed by atoms with Gasteiger partial charge >= 0.3 is 0 Å². The number of ketones is 1. The molecule has 2 nitrogen and oxygen atoms in total. The first-order valence-electron chi connectivity index (χ1n) is 6.10. The predicted octanol–water partition coefficient (Wildman–Crippen LogP) is 4.36. The number of benzene rings is 2. The molecule has 2 aromatic carbocycles. The maximum Gasteiger partial charge on any atom is 0.144 e. The van der Waals surface area contributed by atoms with Crippen LogP contribution >= 0.6 is 23.2 Å². The Kier molecular flexibility index (Phi) is 4.94. The van der Waals surface area contributed by atoms with Crippen molar-refractivity contribution < 1.29 is 9.59 Å². The monoisotopic (exact) mass is 306 g/mol. The van der Waals surface area contributed by atoms with Gasteiger partial charge in [0.15, 0.2) is 0 Å². The summed E-state index contributed by atoms with van der Waals surface area (Å²) in [6.45, 7) is 0. The lowest BCUT2D eigenvalue weighted by molar-refractivity contribution is -0.121. The molecule has 0 unspecified atom stereocenters. The number of carbonyl (C=O) groups excluding carboxylic acids is 2. The van der Waals surface area contributed by atoms with Gasteiger partial charge in [0.1, 0.15) is 12.1 Å². The molecule has 0 aliphatic carbocycles. The third-order valence-corrected chi connectivity index (χ3v) is 3.49. The Morgan fingerprint density at radius 2 is 1.80 bits per heavy atom. The second kappa shape index (κ2) is 6.69. The van der Waals surface area contributed by atoms with Gasteiger partial charge in [0.05, 0.1) is 6.42 Å². The van der Waals surface area contributed by atoms with E-state index in [2.05, 4.69) is 0 Å². The molecule has 0 aromatic heterocycles. The molecule has 4 heteroatoms. The Labute approximate surface area is 127 Å². The van der Waals surface area contributed by atoms with Crippen molar-refractivity contribution in [2.24, 2.45) is 0 Å². The van der Waals surface area contributed by atoms with Crippen molar-refractivity contribution in [3.8, 4) is 11.1 Å². The highest BCUT2D eigenvalue weighted by molar-refractivity contribution is 6.36. The van der Waals surface area contributed by atoms with Crippen LogP contribution in [0.15, 0.2) is 42.5 Å². The van der Waals surface area contributed by atoms with Gasteiger partial charge in [0.25, 0.3) is 0 Å². The van der Waals surface area contributed by atoms with Crippen LogP contribution in [0.5, 0.6) is 0 Å². The first-order chi connectivity index (χ1) is 9.61. The quantitative estimate of drug-likeness (QED) is 0.607. The highest BCUT2D eigenvalue weighted by Gasteiger charge is 2.11. The van der Waals surface area contributed by atoms with Crippen molar-refractivity contribution in [3.63, 3.8) is 0 Å². The lowest BCUT2D eigenvalue weighted by Gasteiger charge is -2.10. The standard InChI is InChI=1S/C16H12Cl2O2/c17-12-5-6-15(16(18)10-12)14-4-2-1-3-11(14)9-13(20)7-8-19/h1-6,8,10H,7,9H2. The van der Waals surface area contributed by atoms with Crippen LogP contribution in [-0.4, -0.2) is 12.1 Å². The molecule has 0 heterocycles. The van der Waals surface area contributed by atoms with Crippen molar-refractivity contribution in [2.75, 3.05) is 0 Å². The molecule has 0 amide bonds. The molecule has 102 valence electrons. The SMILES string of the molecule is O=CCC(=O)Cc1ccccc1-c1ccc(Cl)cc1Cl. The Morgan fingerprint density at radius 3 is 2.50 bits per heavy atom. The van der Waals surface area contributed by atoms with Gasteiger partial charge < -0.3 is 4.79 Å². The molecule has 0 fully saturated rings. The number of carbonyl (C=O) groups is 2. The highest BCUT2D eigenvalue weighted by Crippen LogP contribution is 2.32. The van der Waals surface area contributed by atoms with E-state index in [4.69, 9.17) is 23.2 Å². The van der Waals surface area contributed by atoms with Gasteiger partial charge in [0.2, 0.25) is 0 Å². The number of rotatable bonds is 5. The minimum absolute atomic E-state index is 0.0668. The summed E-state index contributed by atoms with van der Waals surface area (Å²) in [6.07, 6.45) is 0.775. The summed E-state index contributed by atoms with van der Waals surface area (Å²) in [5.74, 6) is -0.113. The van der Waals surface area contributed by atoms with Crippen LogP contribution in [-0.2, 0) is 16.0 Å². The summed E-state index contributed by atoms with van der Waals surface area (Å²) >= 11 is 12.1. The molecule has 2 rings (SSSR count). The zero-order chi connectivity index (χ0) is 14.5. The third-order valence-electron chi connectivity index (χ3n) is 2.94. The second-order valence-electron chi connectivity index (χ2n) is 4.37. The van der Waals surface area contributed by atoms with E-state index < -0.39 is 0 Å². The van der Waals surface area contributed by atoms with Gasteiger partial charge in [-0.2, -0.15) is 0 Å². The van der Waals surface area contributed by atoms with E-state index in [1.54, 1.807) is 12.1 Å². The Bertz CT molecular complexity index is 651. The number of Topliss-reactive ketones (excluding diaryl/α,β-unsaturated/α-hetero) is 1. The molecule has 0 aliphatic heterocycles. The van der Waals surface area contributed by atoms with E-state index in [0.717, 1.165) is 16.7 Å². The predicted molar refractivity (Wildman–Crippen MR) is 81.3 cm³/mol. The number of hydrogen-bond donors (Lipinski definition) is 0. The largest absolute Gasteiger partial charge is 0.303 e. The maximum absolute atomic E-state index is 11.6. The minimum atomic E-state index is -0.113. The Hall–Kier alpha value is -1.64. The molecule has 2 aromatic rings. The van der Waals surface area contributed by atoms with E-state index in [-0.39, 0.29) is 18.6 Å². The van der Waals surface area contributed by atoms with E-state index in [0.29, 0.717) is 16.3 Å². The smallest absolute Gasteiger partial charge is 0.144 e. The van der Waals surface area contributed by atoms with Gasteiger partial charge in [-0.15, -0.1) is 0 Å². The van der Waals surface area contributed by atoms with Gasteiger partial charge in [-0.05, 0) is 23.3 Å². The fourth-order valence-electron chi connectivity index (χ4n) is 2.02. The maximum atomic E-state index is 11.6. The molecule has 0 atom stereocenters. The van der Waals surface area contributed by atoms with Crippen LogP contribution in [0.25, 0.3) is 11.1 Å². The van der Waals surface area contributed by atoms with Crippen LogP contribution in [0.4, 0.5) is 0 Å². The van der Waals surface area contributed by atoms with E-state index in [9.17, 15) is 9.59 Å². The van der Waals surface area contributed by atoms with Crippen LogP contribution in [0, 0.1) is 0 Å². The molecule has 0 bridgehead atoms. The average Bonchev–Trinajstić information content (AvgIpc) is 2.40. The molecule has 0 aliphatic rings. The topological polar surface area (TPSA) is 34.1 Å². The Balaban J connectivity index is 2.41. The summed E-state index contributed by atoms with van der Waals surface area (Å²) in [4.78, 5) is 22.0. The molecule has 0 N–H and O–H groups in total. The fourth-order valence-corrected chi connectivity index (χ4v) is 2.53. The van der Waals surface area contributed by atoms with Crippen LogP contribution in [0.3, 0.4) is 0 Å². The lowest BCUT2D eigenvalue weighted by atomic mass is 9.96. The zero-order valence-electron chi connectivity index (χ0n) is 10.6. The average molecular weight is 307 g/mol. The van der Waals surface area contributed by atoms with Crippen molar-refractivity contribution in [2.45, 2.75) is 12.8 Å². The van der Waals surface area contributed by atoms with Crippen LogP contribution in [0.2, 0.25) is 10.0 Å². The van der Waals surface area contributed by atoms with Crippen molar-refractivity contribution >= 4 is 35.3 Å². The second-order valence-corrected chi connectivity index (χ2v) is 5.21. The number of hydrogen-bond acceptors (Lipinski definition) is 2. The molecule has 20 heavy (non-hydrogen) atoms. The summed E-state index contributed by atoms with van der Waals surface area (Å²) in [7, 11) is 0. The summed E-state index contributed by atoms with van der Waals surface area (Å²) in [5, 5.41) is 1.10. The van der Waals surface area contributed by atoms with Gasteiger partial charge in [-0.25, -0.2) is 0 Å². The van der Waals surface area contributed by atoms with E-state index in [1.165, 1.54) is 0 Å². The minimum Gasteiger partial charge on any atom is -0.303 e. The summed E-state index contributed by atoms with van der Waals surface area (Å²) in [6, 6.07) is 12.8. The number of halogens is 2. The molecular formula is C16H12Cl2O2. The van der Waals surface area contributed by atoms with Crippen LogP contribution in [0.1, 0.15) is 12.0 Å². The van der Waals surface area contributed by atoms with Crippen molar-refractivity contribution in [3.05, 3.63) is 58.1 Å². The summed E-state index contributed by atoms with van der Waals surface area (Å²) < 4.78 is 0. The van der Waals surface area contributed by atoms with Crippen molar-refractivity contribution in [1.29, 1.82) is 0 Å². The molecule has 0 spiro atoms. The first kappa shape index (κ1) is 14.8. The van der Waals surface area contributed by atoms with E-state index >= 15 is 0 Å². The molecule has 0 saturated carbocycles. The van der Waals surface area contributed by atoms with Crippen LogP contribution < -0.4 is 0 Å². The van der Waals surface area contributed by atoms with Gasteiger partial charge in [-0.3, -0.25) is 4.79 Å². The molecule has 0 radical (unpaired) electrons. The van der Waals surface area contributed by atoms with Gasteiger partial charge in [-0.1, -0.05) is 53.5 Å². The molecule has 0 saturated heterocycles. The first-order valence-corrected chi connectivity index (χ1v) is 6.86. The summed E-state index contributed by atoms with van der Waals surface area (Å²) in [5.41, 5.74) is 2.56. The molecular weight excluding hydrogens is 295 g/mol. The zero-order valence-corrected chi connectivity index (χ0v) is 12.1.